The van der Waals surface area contributed by atoms with Crippen LogP contribution in [-0.4, -0.2) is 47.1 Å². The molecule has 0 fully saturated rings. The molecule has 16 aromatic rings. The Labute approximate surface area is 673 Å². The van der Waals surface area contributed by atoms with E-state index in [1.807, 2.05) is 116 Å². The molecule has 525 valence electrons. The van der Waals surface area contributed by atoms with Crippen molar-refractivity contribution < 1.29 is 42.8 Å². The van der Waals surface area contributed by atoms with E-state index in [2.05, 4.69) is 274 Å². The molecule has 0 saturated heterocycles. The minimum Gasteiger partial charge on any atom is -0.423 e. The van der Waals surface area contributed by atoms with Crippen molar-refractivity contribution in [2.24, 2.45) is 0 Å². The molecule has 109 heavy (non-hydrogen) atoms. The molecule has 1 radical (unpaired) electrons. The van der Waals surface area contributed by atoms with Crippen molar-refractivity contribution in [3.05, 3.63) is 380 Å². The van der Waals surface area contributed by atoms with Crippen molar-refractivity contribution in [1.82, 2.24) is 29.9 Å². The predicted octanol–water partition coefficient (Wildman–Crippen LogP) is 23.4. The SMILES string of the molecule is CC1(C)c2ccccc2-c2ccc(-c3cccc(-c4cccc(-c5cc(-c6ccc(-c7cccnc7)cc6)nc(-c6ccccc6)n5)c4)c3)cc21.CC1(C)c2ccccc2-c2ccc(B(O)O)cc21.Clc1cccc(-c2cccc(-c3cc(-c4ccc(-c5cccnc5)cc4)nc(-c4ccccc4)n3)c2)c1.PP.[Y]. The molecule has 0 saturated carbocycles. The number of hydrogen-bond acceptors (Lipinski definition) is 8. The fourth-order valence-corrected chi connectivity index (χ4v) is 14.9. The van der Waals surface area contributed by atoms with Gasteiger partial charge in [-0.1, -0.05) is 306 Å². The van der Waals surface area contributed by atoms with Crippen LogP contribution in [0.4, 0.5) is 0 Å². The first-order valence-electron chi connectivity index (χ1n) is 35.9. The van der Waals surface area contributed by atoms with Gasteiger partial charge >= 0.3 is 7.12 Å². The Hall–Kier alpha value is -10.7. The molecule has 13 heteroatoms. The number of rotatable bonds is 12. The average Bonchev–Trinajstić information content (AvgIpc) is 1.60. The predicted molar refractivity (Wildman–Crippen MR) is 455 cm³/mol. The molecular formula is C96H76BClN6O2P2Y. The second-order valence-electron chi connectivity index (χ2n) is 27.8. The molecule has 0 aliphatic heterocycles. The molecule has 2 N–H and O–H groups in total. The summed E-state index contributed by atoms with van der Waals surface area (Å²) in [5, 5.41) is 19.3. The van der Waals surface area contributed by atoms with E-state index in [0.29, 0.717) is 22.1 Å². The first kappa shape index (κ1) is 75.2. The second kappa shape index (κ2) is 33.5. The minimum absolute atomic E-state index is 0. The van der Waals surface area contributed by atoms with Crippen LogP contribution in [0, 0.1) is 0 Å². The van der Waals surface area contributed by atoms with E-state index in [1.54, 1.807) is 18.5 Å². The van der Waals surface area contributed by atoms with Crippen molar-refractivity contribution in [3.8, 4) is 146 Å². The van der Waals surface area contributed by atoms with Crippen LogP contribution < -0.4 is 5.46 Å². The van der Waals surface area contributed by atoms with Gasteiger partial charge in [0.2, 0.25) is 0 Å². The topological polar surface area (TPSA) is 118 Å². The second-order valence-corrected chi connectivity index (χ2v) is 28.3. The standard InChI is InChI=1S/C48H35N3.C33H22ClN3.C15H15BO2.H4P2.Y/c1-48(2)43-19-7-6-18-41(43)42-25-24-38(29-44(42)48)36-14-8-13-35(27-36)37-15-9-16-39(28-37)46-30-45(50-47(51-46)34-11-4-3-5-12-34)33-22-20-32(21-23-33)40-17-10-26-49-31-40;34-30-13-5-10-27(20-30)26-9-4-11-28(19-26)32-21-31(36-33(37-32)25-7-2-1-3-8-25)24-16-14-23(15-17-24)29-12-6-18-35-22-29;1-15(2)13-6-4-3-5-11(13)12-8-7-10(16(17)18)9-14(12)15;1-2;/h3-31H,1-2H3;1-22H;3-9,17-18H,1-2H3;1-2H2;. The first-order chi connectivity index (χ1) is 52.7. The minimum atomic E-state index is -1.41. The number of hydrogen-bond donors (Lipinski definition) is 2. The molecule has 0 spiro atoms. The van der Waals surface area contributed by atoms with E-state index in [1.165, 1.54) is 55.6 Å². The van der Waals surface area contributed by atoms with Gasteiger partial charge in [-0.3, -0.25) is 9.97 Å². The Morgan fingerprint density at radius 1 is 0.275 bits per heavy atom. The van der Waals surface area contributed by atoms with Crippen LogP contribution in [0.3, 0.4) is 0 Å². The molecule has 2 unspecified atom stereocenters. The van der Waals surface area contributed by atoms with Gasteiger partial charge in [0.05, 0.1) is 22.8 Å². The Morgan fingerprint density at radius 2 is 0.596 bits per heavy atom. The molecule has 8 nitrogen and oxygen atoms in total. The summed E-state index contributed by atoms with van der Waals surface area (Å²) in [6.45, 7) is 9.02. The molecule has 2 atom stereocenters. The molecule has 4 aromatic heterocycles. The smallest absolute Gasteiger partial charge is 0.423 e. The fourth-order valence-electron chi connectivity index (χ4n) is 14.7. The van der Waals surface area contributed by atoms with Gasteiger partial charge in [0.15, 0.2) is 11.6 Å². The van der Waals surface area contributed by atoms with Gasteiger partial charge in [0, 0.05) is 107 Å². The maximum atomic E-state index is 9.30. The number of pyridine rings is 2. The summed E-state index contributed by atoms with van der Waals surface area (Å²) in [5.74, 6) is 1.39. The summed E-state index contributed by atoms with van der Waals surface area (Å²) in [4.78, 5) is 28.6. The van der Waals surface area contributed by atoms with Crippen molar-refractivity contribution in [2.75, 3.05) is 0 Å². The molecule has 2 aliphatic rings. The van der Waals surface area contributed by atoms with E-state index in [-0.39, 0.29) is 43.5 Å². The Kier molecular flexibility index (Phi) is 23.1. The quantitative estimate of drug-likeness (QED) is 0.0917. The number of halogens is 1. The first-order valence-corrected chi connectivity index (χ1v) is 39.0. The summed E-state index contributed by atoms with van der Waals surface area (Å²) in [7, 11) is 3.26. The maximum Gasteiger partial charge on any atom is 0.488 e. The normalized spacial score (nSPS) is 12.2. The van der Waals surface area contributed by atoms with Crippen LogP contribution in [0.15, 0.2) is 352 Å². The van der Waals surface area contributed by atoms with Crippen molar-refractivity contribution >= 4 is 42.0 Å². The monoisotopic (exact) mass is 1540 g/mol. The zero-order valence-corrected chi connectivity index (χ0v) is 66.7. The summed E-state index contributed by atoms with van der Waals surface area (Å²) < 4.78 is 0. The van der Waals surface area contributed by atoms with Gasteiger partial charge < -0.3 is 10.0 Å². The van der Waals surface area contributed by atoms with E-state index in [4.69, 9.17) is 31.5 Å². The van der Waals surface area contributed by atoms with Gasteiger partial charge in [-0.05, 0) is 166 Å². The molecular weight excluding hydrogens is 1470 g/mol. The Bertz CT molecular complexity index is 5900. The molecule has 12 aromatic carbocycles. The van der Waals surface area contributed by atoms with Crippen LogP contribution in [0.25, 0.3) is 146 Å². The maximum absolute atomic E-state index is 9.30. The summed E-state index contributed by atoms with van der Waals surface area (Å²) in [6, 6.07) is 113. The number of nitrogens with zero attached hydrogens (tertiary/aromatic N) is 6. The fraction of sp³-hybridized carbons (Fsp3) is 0.0625. The van der Waals surface area contributed by atoms with Gasteiger partial charge in [-0.25, -0.2) is 19.9 Å². The zero-order chi connectivity index (χ0) is 74.3. The van der Waals surface area contributed by atoms with Gasteiger partial charge in [-0.2, -0.15) is 0 Å². The number of aromatic nitrogens is 6. The van der Waals surface area contributed by atoms with Crippen LogP contribution in [0.5, 0.6) is 0 Å². The number of benzene rings is 12. The van der Waals surface area contributed by atoms with Crippen molar-refractivity contribution in [1.29, 1.82) is 0 Å². The largest absolute Gasteiger partial charge is 0.488 e. The van der Waals surface area contributed by atoms with Crippen LogP contribution in [0.1, 0.15) is 49.9 Å². The zero-order valence-electron chi connectivity index (χ0n) is 60.8. The van der Waals surface area contributed by atoms with E-state index < -0.39 is 7.12 Å². The summed E-state index contributed by atoms with van der Waals surface area (Å²) >= 11 is 6.25. The van der Waals surface area contributed by atoms with Crippen molar-refractivity contribution in [3.63, 3.8) is 0 Å². The van der Waals surface area contributed by atoms with E-state index in [9.17, 15) is 10.0 Å². The molecule has 2 aliphatic carbocycles. The van der Waals surface area contributed by atoms with Gasteiger partial charge in [0.1, 0.15) is 0 Å². The van der Waals surface area contributed by atoms with Crippen LogP contribution >= 0.6 is 29.5 Å². The molecule has 4 heterocycles. The Balaban J connectivity index is 0.000000149. The third kappa shape index (κ3) is 16.2. The van der Waals surface area contributed by atoms with Gasteiger partial charge in [0.25, 0.3) is 0 Å². The molecule has 0 bridgehead atoms. The average molecular weight is 1540 g/mol. The third-order valence-corrected chi connectivity index (χ3v) is 20.6. The van der Waals surface area contributed by atoms with Crippen molar-refractivity contribution in [2.45, 2.75) is 38.5 Å². The van der Waals surface area contributed by atoms with E-state index >= 15 is 0 Å². The third-order valence-electron chi connectivity index (χ3n) is 20.4. The van der Waals surface area contributed by atoms with Crippen LogP contribution in [-0.2, 0) is 43.5 Å². The van der Waals surface area contributed by atoms with Gasteiger partial charge in [-0.15, -0.1) is 17.9 Å². The number of fused-ring (bicyclic) bond motifs is 6. The Morgan fingerprint density at radius 3 is 1.02 bits per heavy atom. The molecule has 0 amide bonds. The van der Waals surface area contributed by atoms with Crippen LogP contribution in [0.2, 0.25) is 5.02 Å². The van der Waals surface area contributed by atoms with E-state index in [0.717, 1.165) is 101 Å². The molecule has 18 rings (SSSR count). The summed E-state index contributed by atoms with van der Waals surface area (Å²) in [6.07, 6.45) is 7.34. The summed E-state index contributed by atoms with van der Waals surface area (Å²) in [5.41, 5.74) is 31.7.